The molecule has 0 aliphatic heterocycles. The van der Waals surface area contributed by atoms with Crippen LogP contribution in [0.15, 0.2) is 17.0 Å². The summed E-state index contributed by atoms with van der Waals surface area (Å²) in [5.41, 5.74) is -0.235. The quantitative estimate of drug-likeness (QED) is 0.839. The molecule has 1 aliphatic carbocycles. The molecule has 2 rings (SSSR count). The Bertz CT molecular complexity index is 644. The number of halogens is 3. The number of benzene rings is 1. The van der Waals surface area contributed by atoms with Crippen LogP contribution in [-0.4, -0.2) is 20.9 Å². The number of rotatable bonds is 5. The molecule has 1 aromatic rings. The largest absolute Gasteiger partial charge is 0.352 e. The van der Waals surface area contributed by atoms with E-state index in [1.807, 2.05) is 0 Å². The average molecular weight is 340 g/mol. The highest BCUT2D eigenvalue weighted by Crippen LogP contribution is 2.32. The van der Waals surface area contributed by atoms with E-state index in [-0.39, 0.29) is 5.56 Å². The van der Waals surface area contributed by atoms with Gasteiger partial charge in [0.15, 0.2) is 0 Å². The first-order chi connectivity index (χ1) is 9.29. The summed E-state index contributed by atoms with van der Waals surface area (Å²) in [5, 5.41) is 2.17. The van der Waals surface area contributed by atoms with Crippen LogP contribution < -0.4 is 5.32 Å². The number of hydrogen-bond acceptors (Lipinski definition) is 3. The molecule has 0 radical (unpaired) electrons. The van der Waals surface area contributed by atoms with Crippen molar-refractivity contribution >= 4 is 37.2 Å². The first-order valence-electron chi connectivity index (χ1n) is 6.01. The Morgan fingerprint density at radius 3 is 2.60 bits per heavy atom. The molecule has 1 fully saturated rings. The molecule has 0 heterocycles. The summed E-state index contributed by atoms with van der Waals surface area (Å²) >= 11 is 5.69. The Labute approximate surface area is 125 Å². The molecule has 1 saturated carbocycles. The fraction of sp³-hybridized carbons (Fsp3) is 0.417. The van der Waals surface area contributed by atoms with E-state index in [0.29, 0.717) is 18.5 Å². The molecule has 1 N–H and O–H groups in total. The number of amides is 1. The molecule has 1 aliphatic rings. The number of carbonyl (C=O) groups is 1. The zero-order valence-electron chi connectivity index (χ0n) is 10.3. The van der Waals surface area contributed by atoms with Crippen molar-refractivity contribution in [2.75, 3.05) is 6.54 Å². The van der Waals surface area contributed by atoms with E-state index in [9.17, 15) is 17.6 Å². The van der Waals surface area contributed by atoms with Crippen molar-refractivity contribution in [2.45, 2.75) is 24.2 Å². The lowest BCUT2D eigenvalue weighted by molar-refractivity contribution is 0.0952. The highest BCUT2D eigenvalue weighted by molar-refractivity contribution is 8.13. The summed E-state index contributed by atoms with van der Waals surface area (Å²) in [4.78, 5) is 11.4. The van der Waals surface area contributed by atoms with Gasteiger partial charge in [-0.3, -0.25) is 4.79 Å². The normalized spacial score (nSPS) is 15.2. The number of carbonyl (C=O) groups excluding carboxylic acids is 1. The van der Waals surface area contributed by atoms with Gasteiger partial charge in [0.1, 0.15) is 5.82 Å². The Hall–Kier alpha value is -0.850. The van der Waals surface area contributed by atoms with Gasteiger partial charge in [0.2, 0.25) is 0 Å². The van der Waals surface area contributed by atoms with Crippen molar-refractivity contribution in [1.82, 2.24) is 5.32 Å². The van der Waals surface area contributed by atoms with Crippen molar-refractivity contribution in [1.29, 1.82) is 0 Å². The fourth-order valence-corrected chi connectivity index (χ4v) is 2.73. The fourth-order valence-electron chi connectivity index (χ4n) is 1.76. The summed E-state index contributed by atoms with van der Waals surface area (Å²) in [6.45, 7) is 0.444. The van der Waals surface area contributed by atoms with Gasteiger partial charge in [0.25, 0.3) is 15.0 Å². The molecule has 0 spiro atoms. The molecule has 0 atom stereocenters. The van der Waals surface area contributed by atoms with E-state index >= 15 is 0 Å². The highest BCUT2D eigenvalue weighted by Gasteiger charge is 2.23. The molecular formula is C12H12Cl2FNO3S. The van der Waals surface area contributed by atoms with Gasteiger partial charge in [-0.15, -0.1) is 0 Å². The van der Waals surface area contributed by atoms with Crippen LogP contribution in [0.5, 0.6) is 0 Å². The highest BCUT2D eigenvalue weighted by atomic mass is 35.7. The van der Waals surface area contributed by atoms with Crippen molar-refractivity contribution < 1.29 is 17.6 Å². The van der Waals surface area contributed by atoms with Crippen LogP contribution in [0.25, 0.3) is 0 Å². The monoisotopic (exact) mass is 339 g/mol. The molecule has 8 heteroatoms. The van der Waals surface area contributed by atoms with Crippen LogP contribution in [0, 0.1) is 11.7 Å². The molecular weight excluding hydrogens is 328 g/mol. The molecule has 1 aromatic carbocycles. The van der Waals surface area contributed by atoms with Crippen LogP contribution in [0.1, 0.15) is 29.6 Å². The van der Waals surface area contributed by atoms with Gasteiger partial charge in [0.05, 0.1) is 15.5 Å². The summed E-state index contributed by atoms with van der Waals surface area (Å²) in [5.74, 6) is -0.977. The standard InChI is InChI=1S/C12H12Cl2FNO3S/c13-11-9(12(17)16-4-3-7-1-2-7)5-8(6-10(11)15)20(14,18)19/h5-7H,1-4H2,(H,16,17). The molecule has 0 bridgehead atoms. The molecule has 20 heavy (non-hydrogen) atoms. The van der Waals surface area contributed by atoms with E-state index in [1.165, 1.54) is 0 Å². The molecule has 110 valence electrons. The molecule has 0 saturated heterocycles. The third-order valence-electron chi connectivity index (χ3n) is 3.06. The van der Waals surface area contributed by atoms with Gasteiger partial charge in [-0.2, -0.15) is 0 Å². The van der Waals surface area contributed by atoms with Crippen LogP contribution in [0.3, 0.4) is 0 Å². The van der Waals surface area contributed by atoms with E-state index in [1.54, 1.807) is 0 Å². The number of hydrogen-bond donors (Lipinski definition) is 1. The van der Waals surface area contributed by atoms with Gasteiger partial charge in [0, 0.05) is 17.2 Å². The second-order valence-electron chi connectivity index (χ2n) is 4.69. The maximum Gasteiger partial charge on any atom is 0.261 e. The third kappa shape index (κ3) is 3.84. The lowest BCUT2D eigenvalue weighted by Crippen LogP contribution is -2.25. The predicted molar refractivity (Wildman–Crippen MR) is 74.1 cm³/mol. The second-order valence-corrected chi connectivity index (χ2v) is 7.64. The zero-order chi connectivity index (χ0) is 14.9. The molecule has 4 nitrogen and oxygen atoms in total. The average Bonchev–Trinajstić information content (AvgIpc) is 3.15. The van der Waals surface area contributed by atoms with Crippen molar-refractivity contribution in [3.8, 4) is 0 Å². The summed E-state index contributed by atoms with van der Waals surface area (Å²) in [6.07, 6.45) is 3.16. The van der Waals surface area contributed by atoms with Gasteiger partial charge >= 0.3 is 0 Å². The van der Waals surface area contributed by atoms with E-state index in [0.717, 1.165) is 25.3 Å². The van der Waals surface area contributed by atoms with Gasteiger partial charge in [-0.25, -0.2) is 12.8 Å². The molecule has 1 amide bonds. The minimum absolute atomic E-state index is 0.235. The topological polar surface area (TPSA) is 63.2 Å². The first-order valence-corrected chi connectivity index (χ1v) is 8.69. The van der Waals surface area contributed by atoms with Crippen LogP contribution in [0.4, 0.5) is 4.39 Å². The van der Waals surface area contributed by atoms with Crippen molar-refractivity contribution in [3.05, 3.63) is 28.5 Å². The second kappa shape index (κ2) is 5.87. The lowest BCUT2D eigenvalue weighted by atomic mass is 10.2. The minimum Gasteiger partial charge on any atom is -0.352 e. The molecule has 0 aromatic heterocycles. The van der Waals surface area contributed by atoms with Gasteiger partial charge in [-0.1, -0.05) is 24.4 Å². The Morgan fingerprint density at radius 2 is 2.05 bits per heavy atom. The van der Waals surface area contributed by atoms with E-state index in [2.05, 4.69) is 5.32 Å². The summed E-state index contributed by atoms with van der Waals surface area (Å²) in [7, 11) is 1.02. The van der Waals surface area contributed by atoms with Crippen molar-refractivity contribution in [3.63, 3.8) is 0 Å². The van der Waals surface area contributed by atoms with Crippen LogP contribution >= 0.6 is 22.3 Å². The SMILES string of the molecule is O=C(NCCC1CC1)c1cc(S(=O)(=O)Cl)cc(F)c1Cl. The first kappa shape index (κ1) is 15.5. The maximum atomic E-state index is 13.6. The van der Waals surface area contributed by atoms with Gasteiger partial charge in [-0.05, 0) is 24.5 Å². The molecule has 0 unspecified atom stereocenters. The Kier molecular flexibility index (Phi) is 4.56. The summed E-state index contributed by atoms with van der Waals surface area (Å²) < 4.78 is 36.0. The van der Waals surface area contributed by atoms with E-state index < -0.39 is 30.7 Å². The maximum absolute atomic E-state index is 13.6. The predicted octanol–water partition coefficient (Wildman–Crippen LogP) is 2.94. The minimum atomic E-state index is -4.13. The third-order valence-corrected chi connectivity index (χ3v) is 4.78. The van der Waals surface area contributed by atoms with Crippen molar-refractivity contribution in [2.24, 2.45) is 5.92 Å². The smallest absolute Gasteiger partial charge is 0.261 e. The summed E-state index contributed by atoms with van der Waals surface area (Å²) in [6, 6.07) is 1.66. The van der Waals surface area contributed by atoms with E-state index in [4.69, 9.17) is 22.3 Å². The van der Waals surface area contributed by atoms with Crippen LogP contribution in [0.2, 0.25) is 5.02 Å². The zero-order valence-corrected chi connectivity index (χ0v) is 12.7. The van der Waals surface area contributed by atoms with Gasteiger partial charge < -0.3 is 5.32 Å². The number of nitrogens with one attached hydrogen (secondary N) is 1. The lowest BCUT2D eigenvalue weighted by Gasteiger charge is -2.08. The van der Waals surface area contributed by atoms with Crippen LogP contribution in [-0.2, 0) is 9.05 Å². The Morgan fingerprint density at radius 1 is 1.40 bits per heavy atom. The Balaban J connectivity index is 2.20.